The molecule has 2 saturated heterocycles. The average Bonchev–Trinajstić information content (AvgIpc) is 3.23. The van der Waals surface area contributed by atoms with Crippen LogP contribution in [-0.4, -0.2) is 35.6 Å². The van der Waals surface area contributed by atoms with E-state index in [0.29, 0.717) is 13.2 Å². The van der Waals surface area contributed by atoms with Crippen molar-refractivity contribution in [1.29, 1.82) is 0 Å². The van der Waals surface area contributed by atoms with Crippen molar-refractivity contribution >= 4 is 5.91 Å². The summed E-state index contributed by atoms with van der Waals surface area (Å²) in [5, 5.41) is 3.49. The highest BCUT2D eigenvalue weighted by molar-refractivity contribution is 5.92. The first kappa shape index (κ1) is 13.2. The molecule has 1 aliphatic carbocycles. The van der Waals surface area contributed by atoms with Gasteiger partial charge in [-0.1, -0.05) is 12.1 Å². The number of halogens is 1. The number of benzene rings is 1. The summed E-state index contributed by atoms with van der Waals surface area (Å²) in [6.45, 7) is 1.41. The highest BCUT2D eigenvalue weighted by Gasteiger charge is 2.60. The van der Waals surface area contributed by atoms with Gasteiger partial charge in [-0.15, -0.1) is 0 Å². The van der Waals surface area contributed by atoms with Crippen LogP contribution in [0.15, 0.2) is 24.3 Å². The maximum atomic E-state index is 13.1. The predicted octanol–water partition coefficient (Wildman–Crippen LogP) is 1.97. The van der Waals surface area contributed by atoms with Gasteiger partial charge in [0.1, 0.15) is 17.5 Å². The van der Waals surface area contributed by atoms with Crippen molar-refractivity contribution in [1.82, 2.24) is 10.2 Å². The largest absolute Gasteiger partial charge is 0.381 e. The molecular formula is C16H19FN2O2. The van der Waals surface area contributed by atoms with Crippen LogP contribution in [0.3, 0.4) is 0 Å². The van der Waals surface area contributed by atoms with Crippen LogP contribution in [0.25, 0.3) is 0 Å². The van der Waals surface area contributed by atoms with Gasteiger partial charge in [0.2, 0.25) is 5.91 Å². The Kier molecular flexibility index (Phi) is 3.01. The summed E-state index contributed by atoms with van der Waals surface area (Å²) in [5.74, 6) is -0.0365. The molecule has 21 heavy (non-hydrogen) atoms. The lowest BCUT2D eigenvalue weighted by Crippen LogP contribution is -2.43. The lowest BCUT2D eigenvalue weighted by atomic mass is 10.0. The number of nitrogens with one attached hydrogen (secondary N) is 1. The Balaban J connectivity index is 1.66. The number of nitrogens with zero attached hydrogens (tertiary/aromatic N) is 1. The fourth-order valence-corrected chi connectivity index (χ4v) is 3.47. The van der Waals surface area contributed by atoms with Crippen LogP contribution >= 0.6 is 0 Å². The standard InChI is InChI=1S/C16H19FN2O2/c17-12-3-1-11(2-4-12)14-18-16(7-8-16)15(20)19(14)13-5-9-21-10-6-13/h1-4,13-14,18H,5-10H2. The molecular weight excluding hydrogens is 271 g/mol. The molecule has 5 heteroatoms. The Morgan fingerprint density at radius 1 is 1.19 bits per heavy atom. The molecule has 1 aromatic carbocycles. The van der Waals surface area contributed by atoms with Crippen LogP contribution in [0.2, 0.25) is 0 Å². The summed E-state index contributed by atoms with van der Waals surface area (Å²) in [5.41, 5.74) is 0.609. The van der Waals surface area contributed by atoms with Crippen molar-refractivity contribution in [3.63, 3.8) is 0 Å². The summed E-state index contributed by atoms with van der Waals surface area (Å²) in [7, 11) is 0. The van der Waals surface area contributed by atoms with Gasteiger partial charge in [-0.2, -0.15) is 0 Å². The van der Waals surface area contributed by atoms with E-state index >= 15 is 0 Å². The zero-order valence-electron chi connectivity index (χ0n) is 11.8. The number of hydrogen-bond acceptors (Lipinski definition) is 3. The number of carbonyl (C=O) groups excluding carboxylic acids is 1. The molecule has 1 N–H and O–H groups in total. The highest BCUT2D eigenvalue weighted by Crippen LogP contribution is 2.47. The van der Waals surface area contributed by atoms with Crippen molar-refractivity contribution in [3.05, 3.63) is 35.6 Å². The fraction of sp³-hybridized carbons (Fsp3) is 0.562. The molecule has 1 spiro atoms. The molecule has 1 amide bonds. The number of amides is 1. The van der Waals surface area contributed by atoms with Crippen LogP contribution in [0.1, 0.15) is 37.4 Å². The summed E-state index contributed by atoms with van der Waals surface area (Å²) < 4.78 is 18.6. The van der Waals surface area contributed by atoms with Gasteiger partial charge >= 0.3 is 0 Å². The summed E-state index contributed by atoms with van der Waals surface area (Å²) in [6, 6.07) is 6.68. The first-order valence-electron chi connectivity index (χ1n) is 7.63. The summed E-state index contributed by atoms with van der Waals surface area (Å²) in [4.78, 5) is 14.8. The van der Waals surface area contributed by atoms with E-state index in [1.165, 1.54) is 12.1 Å². The van der Waals surface area contributed by atoms with E-state index in [2.05, 4.69) is 5.32 Å². The molecule has 112 valence electrons. The smallest absolute Gasteiger partial charge is 0.244 e. The van der Waals surface area contributed by atoms with Crippen molar-refractivity contribution in [2.24, 2.45) is 0 Å². The number of rotatable bonds is 2. The SMILES string of the molecule is O=C1N(C2CCOCC2)C(c2ccc(F)cc2)NC12CC2. The van der Waals surface area contributed by atoms with Crippen LogP contribution in [-0.2, 0) is 9.53 Å². The summed E-state index contributed by atoms with van der Waals surface area (Å²) in [6.07, 6.45) is 3.43. The van der Waals surface area contributed by atoms with E-state index < -0.39 is 0 Å². The van der Waals surface area contributed by atoms with Crippen molar-refractivity contribution in [2.75, 3.05) is 13.2 Å². The molecule has 0 radical (unpaired) electrons. The number of hydrogen-bond donors (Lipinski definition) is 1. The third-order valence-electron chi connectivity index (χ3n) is 4.86. The second kappa shape index (κ2) is 4.78. The Labute approximate surface area is 123 Å². The first-order valence-corrected chi connectivity index (χ1v) is 7.63. The molecule has 0 bridgehead atoms. The van der Waals surface area contributed by atoms with Gasteiger partial charge in [0.05, 0.1) is 0 Å². The minimum Gasteiger partial charge on any atom is -0.381 e. The van der Waals surface area contributed by atoms with E-state index in [9.17, 15) is 9.18 Å². The van der Waals surface area contributed by atoms with Crippen molar-refractivity contribution in [3.8, 4) is 0 Å². The quantitative estimate of drug-likeness (QED) is 0.905. The third kappa shape index (κ3) is 2.15. The van der Waals surface area contributed by atoms with Gasteiger partial charge in [-0.05, 0) is 43.4 Å². The second-order valence-corrected chi connectivity index (χ2v) is 6.24. The minimum atomic E-state index is -0.350. The molecule has 2 heterocycles. The zero-order chi connectivity index (χ0) is 14.4. The van der Waals surface area contributed by atoms with Gasteiger partial charge in [0, 0.05) is 19.3 Å². The first-order chi connectivity index (χ1) is 10.2. The molecule has 4 rings (SSSR count). The van der Waals surface area contributed by atoms with Crippen molar-refractivity contribution < 1.29 is 13.9 Å². The minimum absolute atomic E-state index is 0.135. The Morgan fingerprint density at radius 2 is 1.86 bits per heavy atom. The van der Waals surface area contributed by atoms with E-state index in [4.69, 9.17) is 4.74 Å². The predicted molar refractivity (Wildman–Crippen MR) is 74.9 cm³/mol. The van der Waals surface area contributed by atoms with Crippen LogP contribution in [0.5, 0.6) is 0 Å². The Hall–Kier alpha value is -1.46. The van der Waals surface area contributed by atoms with E-state index in [0.717, 1.165) is 31.2 Å². The van der Waals surface area contributed by atoms with Crippen LogP contribution in [0.4, 0.5) is 4.39 Å². The van der Waals surface area contributed by atoms with E-state index in [-0.39, 0.29) is 29.5 Å². The number of carbonyl (C=O) groups is 1. The van der Waals surface area contributed by atoms with E-state index in [1.807, 2.05) is 4.90 Å². The third-order valence-corrected chi connectivity index (χ3v) is 4.86. The average molecular weight is 290 g/mol. The highest BCUT2D eigenvalue weighted by atomic mass is 19.1. The van der Waals surface area contributed by atoms with Crippen molar-refractivity contribution in [2.45, 2.75) is 43.4 Å². The molecule has 1 aromatic rings. The monoisotopic (exact) mass is 290 g/mol. The molecule has 1 unspecified atom stereocenters. The zero-order valence-corrected chi connectivity index (χ0v) is 11.8. The Bertz CT molecular complexity index is 550. The molecule has 2 aliphatic heterocycles. The Morgan fingerprint density at radius 3 is 2.48 bits per heavy atom. The van der Waals surface area contributed by atoms with Gasteiger partial charge in [0.25, 0.3) is 0 Å². The maximum Gasteiger partial charge on any atom is 0.244 e. The van der Waals surface area contributed by atoms with Crippen LogP contribution < -0.4 is 5.32 Å². The normalized spacial score (nSPS) is 28.3. The number of ether oxygens (including phenoxy) is 1. The maximum absolute atomic E-state index is 13.1. The van der Waals surface area contributed by atoms with Gasteiger partial charge in [-0.3, -0.25) is 10.1 Å². The fourth-order valence-electron chi connectivity index (χ4n) is 3.47. The molecule has 3 fully saturated rings. The lowest BCUT2D eigenvalue weighted by Gasteiger charge is -2.35. The molecule has 0 aromatic heterocycles. The topological polar surface area (TPSA) is 41.6 Å². The van der Waals surface area contributed by atoms with Gasteiger partial charge in [0.15, 0.2) is 0 Å². The van der Waals surface area contributed by atoms with E-state index in [1.54, 1.807) is 12.1 Å². The molecule has 1 atom stereocenters. The van der Waals surface area contributed by atoms with Crippen LogP contribution in [0, 0.1) is 5.82 Å². The summed E-state index contributed by atoms with van der Waals surface area (Å²) >= 11 is 0. The molecule has 1 saturated carbocycles. The molecule has 4 nitrogen and oxygen atoms in total. The second-order valence-electron chi connectivity index (χ2n) is 6.24. The van der Waals surface area contributed by atoms with Gasteiger partial charge < -0.3 is 9.64 Å². The van der Waals surface area contributed by atoms with Gasteiger partial charge in [-0.25, -0.2) is 4.39 Å². The molecule has 3 aliphatic rings. The lowest BCUT2D eigenvalue weighted by molar-refractivity contribution is -0.135.